The van der Waals surface area contributed by atoms with Gasteiger partial charge in [-0.05, 0) is 48.6 Å². The van der Waals surface area contributed by atoms with E-state index in [0.29, 0.717) is 35.5 Å². The molecule has 8 heteroatoms. The Morgan fingerprint density at radius 3 is 2.70 bits per heavy atom. The minimum absolute atomic E-state index is 0.00515. The van der Waals surface area contributed by atoms with Crippen molar-refractivity contribution in [3.63, 3.8) is 0 Å². The Morgan fingerprint density at radius 1 is 1.18 bits per heavy atom. The molecule has 2 N–H and O–H groups in total. The molecule has 0 bridgehead atoms. The molecule has 1 amide bonds. The molecule has 0 radical (unpaired) electrons. The van der Waals surface area contributed by atoms with Gasteiger partial charge in [0.2, 0.25) is 0 Å². The van der Waals surface area contributed by atoms with E-state index < -0.39 is 0 Å². The number of pyridine rings is 1. The van der Waals surface area contributed by atoms with E-state index in [1.165, 1.54) is 5.56 Å². The molecular weight excluding hydrogens is 414 g/mol. The van der Waals surface area contributed by atoms with Crippen LogP contribution in [0.5, 0.6) is 0 Å². The summed E-state index contributed by atoms with van der Waals surface area (Å²) in [6.07, 6.45) is 5.11. The molecule has 2 aromatic heterocycles. The smallest absolute Gasteiger partial charge is 0.312 e. The molecule has 1 aliphatic heterocycles. The highest BCUT2D eigenvalue weighted by Gasteiger charge is 2.24. The Labute approximate surface area is 193 Å². The summed E-state index contributed by atoms with van der Waals surface area (Å²) in [7, 11) is 0. The number of carbonyl (C=O) groups is 1. The van der Waals surface area contributed by atoms with Crippen LogP contribution in [0.25, 0.3) is 4.85 Å². The zero-order chi connectivity index (χ0) is 23.2. The minimum atomic E-state index is -0.0656. The lowest BCUT2D eigenvalue weighted by atomic mass is 10.0. The van der Waals surface area contributed by atoms with Crippen LogP contribution in [0.1, 0.15) is 48.5 Å². The molecular formula is C25H27N7O. The van der Waals surface area contributed by atoms with Crippen LogP contribution in [0.4, 0.5) is 23.3 Å². The number of rotatable bonds is 6. The van der Waals surface area contributed by atoms with Crippen LogP contribution in [-0.4, -0.2) is 40.0 Å². The van der Waals surface area contributed by atoms with Gasteiger partial charge >= 0.3 is 5.82 Å². The van der Waals surface area contributed by atoms with Gasteiger partial charge in [0.25, 0.3) is 5.91 Å². The molecule has 1 fully saturated rings. The number of carbonyl (C=O) groups excluding carboxylic acids is 1. The van der Waals surface area contributed by atoms with Crippen LogP contribution in [0.2, 0.25) is 0 Å². The van der Waals surface area contributed by atoms with E-state index >= 15 is 0 Å². The molecule has 4 rings (SSSR count). The van der Waals surface area contributed by atoms with Crippen LogP contribution in [0, 0.1) is 6.57 Å². The molecule has 168 valence electrons. The van der Waals surface area contributed by atoms with Crippen molar-refractivity contribution in [3.8, 4) is 0 Å². The second kappa shape index (κ2) is 10.1. The van der Waals surface area contributed by atoms with Gasteiger partial charge in [-0.25, -0.2) is 9.97 Å². The molecule has 33 heavy (non-hydrogen) atoms. The van der Waals surface area contributed by atoms with Gasteiger partial charge in [0.15, 0.2) is 17.8 Å². The van der Waals surface area contributed by atoms with E-state index in [2.05, 4.69) is 49.2 Å². The molecule has 3 heterocycles. The van der Waals surface area contributed by atoms with E-state index in [1.807, 2.05) is 42.5 Å². The van der Waals surface area contributed by atoms with Gasteiger partial charge in [0.1, 0.15) is 5.82 Å². The van der Waals surface area contributed by atoms with Crippen molar-refractivity contribution in [1.82, 2.24) is 20.3 Å². The Balaban J connectivity index is 1.45. The van der Waals surface area contributed by atoms with E-state index in [0.717, 1.165) is 19.4 Å². The SMILES string of the molecule is [C-]#[N+]c1ncc(N2CCC[C@@H](NC(=O)c3ccc(C(C)C)cc3)C2)nc1Nc1ccccn1. The normalized spacial score (nSPS) is 15.7. The van der Waals surface area contributed by atoms with Gasteiger partial charge in [0, 0.05) is 30.9 Å². The summed E-state index contributed by atoms with van der Waals surface area (Å²) in [4.78, 5) is 31.5. The minimum Gasteiger partial charge on any atom is -0.358 e. The molecule has 3 aromatic rings. The van der Waals surface area contributed by atoms with Gasteiger partial charge in [-0.2, -0.15) is 0 Å². The molecule has 0 unspecified atom stereocenters. The number of hydrogen-bond donors (Lipinski definition) is 2. The summed E-state index contributed by atoms with van der Waals surface area (Å²) in [5, 5.41) is 6.24. The first-order valence-electron chi connectivity index (χ1n) is 11.1. The van der Waals surface area contributed by atoms with E-state index in [-0.39, 0.29) is 17.8 Å². The van der Waals surface area contributed by atoms with E-state index in [4.69, 9.17) is 6.57 Å². The number of hydrogen-bond acceptors (Lipinski definition) is 6. The first-order valence-corrected chi connectivity index (χ1v) is 11.1. The van der Waals surface area contributed by atoms with Crippen LogP contribution in [0.3, 0.4) is 0 Å². The van der Waals surface area contributed by atoms with Crippen molar-refractivity contribution in [3.05, 3.63) is 77.4 Å². The molecule has 1 saturated heterocycles. The zero-order valence-corrected chi connectivity index (χ0v) is 18.8. The van der Waals surface area contributed by atoms with Crippen molar-refractivity contribution in [1.29, 1.82) is 0 Å². The summed E-state index contributed by atoms with van der Waals surface area (Å²) in [5.41, 5.74) is 1.88. The van der Waals surface area contributed by atoms with Crippen molar-refractivity contribution >= 4 is 29.2 Å². The predicted octanol–water partition coefficient (Wildman–Crippen LogP) is 4.69. The average molecular weight is 442 g/mol. The third-order valence-corrected chi connectivity index (χ3v) is 5.68. The maximum absolute atomic E-state index is 12.8. The van der Waals surface area contributed by atoms with Gasteiger partial charge in [-0.3, -0.25) is 4.79 Å². The Morgan fingerprint density at radius 2 is 2.00 bits per heavy atom. The van der Waals surface area contributed by atoms with Crippen molar-refractivity contribution in [2.75, 3.05) is 23.3 Å². The summed E-state index contributed by atoms with van der Waals surface area (Å²) < 4.78 is 0. The number of nitrogens with one attached hydrogen (secondary N) is 2. The zero-order valence-electron chi connectivity index (χ0n) is 18.8. The first kappa shape index (κ1) is 22.2. The van der Waals surface area contributed by atoms with Crippen molar-refractivity contribution < 1.29 is 4.79 Å². The van der Waals surface area contributed by atoms with Gasteiger partial charge < -0.3 is 20.4 Å². The maximum Gasteiger partial charge on any atom is 0.312 e. The maximum atomic E-state index is 12.8. The quantitative estimate of drug-likeness (QED) is 0.540. The monoisotopic (exact) mass is 441 g/mol. The number of benzene rings is 1. The second-order valence-electron chi connectivity index (χ2n) is 8.39. The summed E-state index contributed by atoms with van der Waals surface area (Å²) >= 11 is 0. The molecule has 0 spiro atoms. The lowest BCUT2D eigenvalue weighted by molar-refractivity contribution is 0.0933. The Kier molecular flexibility index (Phi) is 6.79. The highest BCUT2D eigenvalue weighted by atomic mass is 16.1. The molecule has 0 saturated carbocycles. The highest BCUT2D eigenvalue weighted by Crippen LogP contribution is 2.27. The molecule has 1 aromatic carbocycles. The molecule has 1 atom stereocenters. The highest BCUT2D eigenvalue weighted by molar-refractivity contribution is 5.94. The Hall–Kier alpha value is -3.99. The summed E-state index contributed by atoms with van der Waals surface area (Å²) in [6, 6.07) is 13.3. The van der Waals surface area contributed by atoms with Crippen LogP contribution < -0.4 is 15.5 Å². The molecule has 0 aliphatic carbocycles. The number of anilines is 3. The fourth-order valence-corrected chi connectivity index (χ4v) is 3.84. The number of nitrogens with zero attached hydrogens (tertiary/aromatic N) is 5. The first-order chi connectivity index (χ1) is 16.0. The standard InChI is InChI=1S/C25H27N7O/c1-17(2)18-9-11-19(12-10-18)25(33)29-20-7-6-14-32(16-20)22-15-28-23(26-3)24(31-22)30-21-8-4-5-13-27-21/h4-5,8-13,15,17,20H,6-7,14,16H2,1-2H3,(H,29,33)(H,27,30,31)/t20-/m1/s1. The van der Waals surface area contributed by atoms with Crippen LogP contribution >= 0.6 is 0 Å². The number of amides is 1. The van der Waals surface area contributed by atoms with Crippen molar-refractivity contribution in [2.24, 2.45) is 0 Å². The van der Waals surface area contributed by atoms with E-state index in [1.54, 1.807) is 12.4 Å². The Bertz CT molecular complexity index is 1140. The van der Waals surface area contributed by atoms with Gasteiger partial charge in [0.05, 0.1) is 0 Å². The van der Waals surface area contributed by atoms with Crippen LogP contribution in [0.15, 0.2) is 54.9 Å². The van der Waals surface area contributed by atoms with Crippen molar-refractivity contribution in [2.45, 2.75) is 38.6 Å². The second-order valence-corrected chi connectivity index (χ2v) is 8.39. The topological polar surface area (TPSA) is 87.4 Å². The average Bonchev–Trinajstić information content (AvgIpc) is 2.85. The number of piperidine rings is 1. The predicted molar refractivity (Wildman–Crippen MR) is 129 cm³/mol. The molecule has 1 aliphatic rings. The summed E-state index contributed by atoms with van der Waals surface area (Å²) in [5.74, 6) is 2.20. The lowest BCUT2D eigenvalue weighted by Gasteiger charge is -2.33. The summed E-state index contributed by atoms with van der Waals surface area (Å²) in [6.45, 7) is 13.1. The van der Waals surface area contributed by atoms with Gasteiger partial charge in [-0.15, -0.1) is 4.98 Å². The van der Waals surface area contributed by atoms with Crippen LogP contribution in [-0.2, 0) is 0 Å². The third kappa shape index (κ3) is 5.44. The number of aromatic nitrogens is 3. The van der Waals surface area contributed by atoms with E-state index in [9.17, 15) is 4.79 Å². The molecule has 8 nitrogen and oxygen atoms in total. The van der Waals surface area contributed by atoms with Gasteiger partial charge in [-0.1, -0.05) is 38.6 Å². The largest absolute Gasteiger partial charge is 0.358 e. The fraction of sp³-hybridized carbons (Fsp3) is 0.320. The lowest BCUT2D eigenvalue weighted by Crippen LogP contribution is -2.48. The fourth-order valence-electron chi connectivity index (χ4n) is 3.84. The third-order valence-electron chi connectivity index (χ3n) is 5.68.